The van der Waals surface area contributed by atoms with Crippen molar-refractivity contribution in [2.75, 3.05) is 0 Å². The van der Waals surface area contributed by atoms with Crippen molar-refractivity contribution in [2.45, 2.75) is 84.0 Å². The van der Waals surface area contributed by atoms with Crippen LogP contribution < -0.4 is 0 Å². The van der Waals surface area contributed by atoms with Crippen LogP contribution in [0.2, 0.25) is 5.02 Å². The first-order chi connectivity index (χ1) is 13.5. The maximum absolute atomic E-state index is 13.7. The van der Waals surface area contributed by atoms with Gasteiger partial charge in [0.1, 0.15) is 16.7 Å². The lowest BCUT2D eigenvalue weighted by Crippen LogP contribution is -2.41. The minimum Gasteiger partial charge on any atom is -0.205 e. The lowest BCUT2D eigenvalue weighted by Gasteiger charge is -2.51. The molecule has 0 spiro atoms. The Morgan fingerprint density at radius 2 is 1.36 bits per heavy atom. The predicted molar refractivity (Wildman–Crippen MR) is 112 cm³/mol. The van der Waals surface area contributed by atoms with Gasteiger partial charge >= 0.3 is 0 Å². The van der Waals surface area contributed by atoms with Gasteiger partial charge in [0.05, 0.1) is 0 Å². The first-order valence-electron chi connectivity index (χ1n) is 11.7. The molecule has 3 heteroatoms. The standard InChI is InChI=1S/C25H35ClF2/c1-2-3-16-6-10-21-19(12-16)8-9-20-13-17(7-11-22(20)21)4-5-18-14-23(27)25(26)24(28)15-18/h14-17,19-22H,2-13H2,1H3. The zero-order chi connectivity index (χ0) is 19.7. The average Bonchev–Trinajstić information content (AvgIpc) is 2.70. The van der Waals surface area contributed by atoms with E-state index in [1.165, 1.54) is 76.3 Å². The van der Waals surface area contributed by atoms with Gasteiger partial charge in [-0.1, -0.05) is 44.2 Å². The molecule has 0 aromatic heterocycles. The quantitative estimate of drug-likeness (QED) is 0.430. The van der Waals surface area contributed by atoms with Gasteiger partial charge in [0.15, 0.2) is 0 Å². The third-order valence-corrected chi connectivity index (χ3v) is 8.70. The van der Waals surface area contributed by atoms with Gasteiger partial charge in [-0.05, 0) is 105 Å². The summed E-state index contributed by atoms with van der Waals surface area (Å²) in [4.78, 5) is 0. The molecule has 3 saturated carbocycles. The van der Waals surface area contributed by atoms with E-state index in [1.807, 2.05) is 0 Å². The Kier molecular flexibility index (Phi) is 6.65. The van der Waals surface area contributed by atoms with Crippen LogP contribution in [-0.2, 0) is 6.42 Å². The Bertz CT molecular complexity index is 650. The van der Waals surface area contributed by atoms with Gasteiger partial charge in [-0.15, -0.1) is 0 Å². The molecule has 4 rings (SSSR count). The van der Waals surface area contributed by atoms with Crippen LogP contribution in [0.1, 0.15) is 83.1 Å². The fourth-order valence-corrected chi connectivity index (χ4v) is 7.15. The monoisotopic (exact) mass is 408 g/mol. The Morgan fingerprint density at radius 3 is 1.89 bits per heavy atom. The summed E-state index contributed by atoms with van der Waals surface area (Å²) in [5.74, 6) is 4.32. The van der Waals surface area contributed by atoms with E-state index < -0.39 is 11.6 Å². The van der Waals surface area contributed by atoms with Gasteiger partial charge in [0, 0.05) is 0 Å². The SMILES string of the molecule is CCCC1CCC2C(CCC3CC(CCc4cc(F)c(Cl)c(F)c4)CCC32)C1. The molecule has 3 aliphatic carbocycles. The highest BCUT2D eigenvalue weighted by atomic mass is 35.5. The molecule has 0 saturated heterocycles. The average molecular weight is 409 g/mol. The first kappa shape index (κ1) is 20.6. The third-order valence-electron chi connectivity index (χ3n) is 8.34. The van der Waals surface area contributed by atoms with Crippen LogP contribution >= 0.6 is 11.6 Å². The number of hydrogen-bond donors (Lipinski definition) is 0. The largest absolute Gasteiger partial charge is 0.205 e. The van der Waals surface area contributed by atoms with Gasteiger partial charge < -0.3 is 0 Å². The van der Waals surface area contributed by atoms with E-state index in [0.29, 0.717) is 0 Å². The van der Waals surface area contributed by atoms with Crippen LogP contribution in [0.4, 0.5) is 8.78 Å². The summed E-state index contributed by atoms with van der Waals surface area (Å²) in [6.45, 7) is 2.33. The molecule has 1 aromatic rings. The van der Waals surface area contributed by atoms with Crippen LogP contribution in [0, 0.1) is 47.1 Å². The zero-order valence-corrected chi connectivity index (χ0v) is 18.0. The fourth-order valence-electron chi connectivity index (χ4n) is 7.04. The molecule has 3 fully saturated rings. The Hall–Kier alpha value is -0.630. The summed E-state index contributed by atoms with van der Waals surface area (Å²) >= 11 is 5.61. The van der Waals surface area contributed by atoms with E-state index in [-0.39, 0.29) is 5.02 Å². The molecule has 3 aliphatic rings. The summed E-state index contributed by atoms with van der Waals surface area (Å²) in [5.41, 5.74) is 0.750. The molecule has 28 heavy (non-hydrogen) atoms. The molecule has 0 heterocycles. The van der Waals surface area contributed by atoms with Gasteiger partial charge in [-0.3, -0.25) is 0 Å². The molecular weight excluding hydrogens is 374 g/mol. The maximum atomic E-state index is 13.7. The molecule has 0 radical (unpaired) electrons. The Morgan fingerprint density at radius 1 is 0.821 bits per heavy atom. The molecule has 1 aromatic carbocycles. The molecule has 0 amide bonds. The van der Waals surface area contributed by atoms with Crippen LogP contribution in [0.15, 0.2) is 12.1 Å². The molecule has 6 atom stereocenters. The van der Waals surface area contributed by atoms with Gasteiger partial charge in [0.25, 0.3) is 0 Å². The summed E-state index contributed by atoms with van der Waals surface area (Å²) < 4.78 is 27.4. The van der Waals surface area contributed by atoms with E-state index in [4.69, 9.17) is 11.6 Å². The molecule has 0 nitrogen and oxygen atoms in total. The van der Waals surface area contributed by atoms with E-state index in [1.54, 1.807) is 0 Å². The second-order valence-corrected chi connectivity index (χ2v) is 10.4. The van der Waals surface area contributed by atoms with Gasteiger partial charge in [-0.2, -0.15) is 0 Å². The number of fused-ring (bicyclic) bond motifs is 3. The highest BCUT2D eigenvalue weighted by molar-refractivity contribution is 6.30. The summed E-state index contributed by atoms with van der Waals surface area (Å²) in [7, 11) is 0. The number of benzene rings is 1. The minimum atomic E-state index is -0.627. The Labute approximate surface area is 174 Å². The number of aryl methyl sites for hydroxylation is 1. The zero-order valence-electron chi connectivity index (χ0n) is 17.2. The number of halogens is 3. The normalized spacial score (nSPS) is 35.3. The lowest BCUT2D eigenvalue weighted by molar-refractivity contribution is -0.00405. The second-order valence-electron chi connectivity index (χ2n) is 9.98. The molecule has 0 aliphatic heterocycles. The van der Waals surface area contributed by atoms with Crippen LogP contribution in [-0.4, -0.2) is 0 Å². The molecule has 0 N–H and O–H groups in total. The maximum Gasteiger partial charge on any atom is 0.145 e. The Balaban J connectivity index is 1.30. The van der Waals surface area contributed by atoms with Crippen molar-refractivity contribution < 1.29 is 8.78 Å². The first-order valence-corrected chi connectivity index (χ1v) is 12.1. The number of hydrogen-bond acceptors (Lipinski definition) is 0. The van der Waals surface area contributed by atoms with Crippen LogP contribution in [0.25, 0.3) is 0 Å². The van der Waals surface area contributed by atoms with Crippen molar-refractivity contribution in [1.82, 2.24) is 0 Å². The molecule has 0 bridgehead atoms. The van der Waals surface area contributed by atoms with Crippen molar-refractivity contribution in [3.8, 4) is 0 Å². The number of rotatable bonds is 5. The second kappa shape index (κ2) is 9.02. The van der Waals surface area contributed by atoms with Crippen molar-refractivity contribution in [2.24, 2.45) is 35.5 Å². The topological polar surface area (TPSA) is 0 Å². The molecule has 6 unspecified atom stereocenters. The highest BCUT2D eigenvalue weighted by Crippen LogP contribution is 2.54. The smallest absolute Gasteiger partial charge is 0.145 e. The van der Waals surface area contributed by atoms with Crippen LogP contribution in [0.5, 0.6) is 0 Å². The van der Waals surface area contributed by atoms with Crippen LogP contribution in [0.3, 0.4) is 0 Å². The summed E-state index contributed by atoms with van der Waals surface area (Å²) in [6.07, 6.45) is 15.9. The minimum absolute atomic E-state index is 0.380. The van der Waals surface area contributed by atoms with E-state index in [9.17, 15) is 8.78 Å². The lowest BCUT2D eigenvalue weighted by atomic mass is 9.55. The van der Waals surface area contributed by atoms with Crippen molar-refractivity contribution >= 4 is 11.6 Å². The highest BCUT2D eigenvalue weighted by Gasteiger charge is 2.44. The van der Waals surface area contributed by atoms with Crippen molar-refractivity contribution in [3.63, 3.8) is 0 Å². The summed E-state index contributed by atoms with van der Waals surface area (Å²) in [5, 5.41) is -0.380. The molecular formula is C25H35ClF2. The van der Waals surface area contributed by atoms with E-state index in [2.05, 4.69) is 6.92 Å². The third kappa shape index (κ3) is 4.42. The van der Waals surface area contributed by atoms with E-state index in [0.717, 1.165) is 53.9 Å². The fraction of sp³-hybridized carbons (Fsp3) is 0.760. The molecule has 156 valence electrons. The van der Waals surface area contributed by atoms with E-state index >= 15 is 0 Å². The van der Waals surface area contributed by atoms with Gasteiger partial charge in [0.2, 0.25) is 0 Å². The van der Waals surface area contributed by atoms with Gasteiger partial charge in [-0.25, -0.2) is 8.78 Å². The predicted octanol–water partition coefficient (Wildman–Crippen LogP) is 8.21. The van der Waals surface area contributed by atoms with Crippen molar-refractivity contribution in [3.05, 3.63) is 34.4 Å². The van der Waals surface area contributed by atoms with Crippen molar-refractivity contribution in [1.29, 1.82) is 0 Å². The summed E-state index contributed by atoms with van der Waals surface area (Å²) in [6, 6.07) is 2.83.